The summed E-state index contributed by atoms with van der Waals surface area (Å²) in [5.41, 5.74) is 1.32. The molecular weight excluding hydrogens is 270 g/mol. The molecule has 18 heavy (non-hydrogen) atoms. The zero-order valence-corrected chi connectivity index (χ0v) is 11.6. The lowest BCUT2D eigenvalue weighted by Gasteiger charge is -2.06. The maximum absolute atomic E-state index is 11.5. The molecule has 0 atom stereocenters. The molecule has 5 heteroatoms. The van der Waals surface area contributed by atoms with Crippen LogP contribution in [0.2, 0.25) is 5.02 Å². The number of halogens is 1. The maximum atomic E-state index is 11.5. The Balaban J connectivity index is 2.82. The first kappa shape index (κ1) is 14.9. The van der Waals surface area contributed by atoms with Crippen molar-refractivity contribution in [3.05, 3.63) is 28.8 Å². The van der Waals surface area contributed by atoms with Gasteiger partial charge < -0.3 is 10.4 Å². The van der Waals surface area contributed by atoms with Gasteiger partial charge in [0.2, 0.25) is 5.91 Å². The second kappa shape index (κ2) is 8.04. The highest BCUT2D eigenvalue weighted by Gasteiger charge is 2.05. The summed E-state index contributed by atoms with van der Waals surface area (Å²) in [6, 6.07) is 5.20. The van der Waals surface area contributed by atoms with Crippen LogP contribution < -0.4 is 5.32 Å². The fourth-order valence-electron chi connectivity index (χ4n) is 1.24. The predicted octanol–water partition coefficient (Wildman–Crippen LogP) is 2.38. The van der Waals surface area contributed by atoms with Crippen molar-refractivity contribution in [2.45, 2.75) is 6.42 Å². The van der Waals surface area contributed by atoms with E-state index in [9.17, 15) is 4.79 Å². The van der Waals surface area contributed by atoms with E-state index in [0.29, 0.717) is 22.9 Å². The van der Waals surface area contributed by atoms with E-state index in [1.165, 1.54) is 11.8 Å². The number of carbonyl (C=O) groups is 1. The van der Waals surface area contributed by atoms with Gasteiger partial charge >= 0.3 is 0 Å². The third kappa shape index (κ3) is 5.01. The normalized spacial score (nSPS) is 9.50. The molecule has 0 aromatic heterocycles. The number of hydrogen-bond acceptors (Lipinski definition) is 3. The van der Waals surface area contributed by atoms with Crippen LogP contribution in [0.5, 0.6) is 0 Å². The van der Waals surface area contributed by atoms with Gasteiger partial charge in [0.25, 0.3) is 0 Å². The summed E-state index contributed by atoms with van der Waals surface area (Å²) >= 11 is 7.44. The van der Waals surface area contributed by atoms with Gasteiger partial charge in [0.1, 0.15) is 0 Å². The Morgan fingerprint density at radius 1 is 1.56 bits per heavy atom. The van der Waals surface area contributed by atoms with Crippen molar-refractivity contribution in [2.75, 3.05) is 23.9 Å². The van der Waals surface area contributed by atoms with Crippen LogP contribution in [0.15, 0.2) is 18.2 Å². The largest absolute Gasteiger partial charge is 0.395 e. The lowest BCUT2D eigenvalue weighted by Crippen LogP contribution is -2.14. The molecule has 0 aliphatic rings. The fourth-order valence-corrected chi connectivity index (χ4v) is 1.74. The van der Waals surface area contributed by atoms with Crippen LogP contribution in [0, 0.1) is 11.8 Å². The standard InChI is InChI=1S/C13H14ClNO2S/c1-18-9-13(17)15-12-8-10(4-2-3-7-16)5-6-11(12)14/h5-6,8,16H,3,7,9H2,1H3,(H,15,17). The van der Waals surface area contributed by atoms with Crippen LogP contribution in [-0.2, 0) is 4.79 Å². The van der Waals surface area contributed by atoms with Gasteiger partial charge in [0, 0.05) is 12.0 Å². The second-order valence-electron chi connectivity index (χ2n) is 3.45. The van der Waals surface area contributed by atoms with Crippen molar-refractivity contribution >= 4 is 35.0 Å². The summed E-state index contributed by atoms with van der Waals surface area (Å²) in [6.45, 7) is 0.0396. The van der Waals surface area contributed by atoms with Crippen LogP contribution >= 0.6 is 23.4 Å². The Bertz CT molecular complexity index is 480. The molecule has 0 aliphatic heterocycles. The molecule has 0 unspecified atom stereocenters. The van der Waals surface area contributed by atoms with E-state index < -0.39 is 0 Å². The lowest BCUT2D eigenvalue weighted by molar-refractivity contribution is -0.113. The molecule has 96 valence electrons. The summed E-state index contributed by atoms with van der Waals surface area (Å²) in [7, 11) is 0. The number of rotatable bonds is 4. The Kier molecular flexibility index (Phi) is 6.66. The highest BCUT2D eigenvalue weighted by Crippen LogP contribution is 2.22. The van der Waals surface area contributed by atoms with Crippen LogP contribution in [0.1, 0.15) is 12.0 Å². The van der Waals surface area contributed by atoms with Gasteiger partial charge in [0.15, 0.2) is 0 Å². The minimum Gasteiger partial charge on any atom is -0.395 e. The first-order chi connectivity index (χ1) is 8.67. The molecule has 0 fully saturated rings. The molecular formula is C13H14ClNO2S. The van der Waals surface area contributed by atoms with Gasteiger partial charge in [-0.1, -0.05) is 23.4 Å². The van der Waals surface area contributed by atoms with E-state index in [1.807, 2.05) is 6.26 Å². The van der Waals surface area contributed by atoms with Crippen molar-refractivity contribution in [3.8, 4) is 11.8 Å². The molecule has 0 spiro atoms. The molecule has 0 saturated heterocycles. The molecule has 2 N–H and O–H groups in total. The van der Waals surface area contributed by atoms with Gasteiger partial charge in [0.05, 0.1) is 23.1 Å². The first-order valence-corrected chi connectivity index (χ1v) is 7.12. The average molecular weight is 284 g/mol. The van der Waals surface area contributed by atoms with Crippen LogP contribution in [0.4, 0.5) is 5.69 Å². The quantitative estimate of drug-likeness (QED) is 0.834. The number of aliphatic hydroxyl groups excluding tert-OH is 1. The third-order valence-electron chi connectivity index (χ3n) is 1.99. The summed E-state index contributed by atoms with van der Waals surface area (Å²) in [6.07, 6.45) is 2.29. The topological polar surface area (TPSA) is 49.3 Å². The van der Waals surface area contributed by atoms with Crippen LogP contribution in [-0.4, -0.2) is 29.6 Å². The van der Waals surface area contributed by atoms with E-state index in [4.69, 9.17) is 16.7 Å². The average Bonchev–Trinajstić information content (AvgIpc) is 2.34. The van der Waals surface area contributed by atoms with E-state index in [-0.39, 0.29) is 12.5 Å². The SMILES string of the molecule is CSCC(=O)Nc1cc(C#CCCO)ccc1Cl. The molecule has 0 saturated carbocycles. The number of benzene rings is 1. The van der Waals surface area contributed by atoms with Crippen molar-refractivity contribution in [3.63, 3.8) is 0 Å². The first-order valence-electron chi connectivity index (χ1n) is 5.35. The molecule has 0 radical (unpaired) electrons. The summed E-state index contributed by atoms with van der Waals surface area (Å²) < 4.78 is 0. The van der Waals surface area contributed by atoms with Crippen molar-refractivity contribution < 1.29 is 9.90 Å². The van der Waals surface area contributed by atoms with Gasteiger partial charge in [-0.25, -0.2) is 0 Å². The monoisotopic (exact) mass is 283 g/mol. The highest BCUT2D eigenvalue weighted by molar-refractivity contribution is 7.99. The summed E-state index contributed by atoms with van der Waals surface area (Å²) in [5.74, 6) is 6.00. The Morgan fingerprint density at radius 2 is 2.33 bits per heavy atom. The number of hydrogen-bond donors (Lipinski definition) is 2. The van der Waals surface area contributed by atoms with Gasteiger partial charge in [-0.15, -0.1) is 0 Å². The summed E-state index contributed by atoms with van der Waals surface area (Å²) in [4.78, 5) is 11.5. The minimum atomic E-state index is -0.0927. The molecule has 3 nitrogen and oxygen atoms in total. The number of anilines is 1. The number of amides is 1. The number of nitrogens with one attached hydrogen (secondary N) is 1. The maximum Gasteiger partial charge on any atom is 0.234 e. The summed E-state index contributed by atoms with van der Waals surface area (Å²) in [5, 5.41) is 11.9. The zero-order chi connectivity index (χ0) is 13.4. The van der Waals surface area contributed by atoms with Gasteiger partial charge in [-0.2, -0.15) is 11.8 Å². The third-order valence-corrected chi connectivity index (χ3v) is 2.87. The second-order valence-corrected chi connectivity index (χ2v) is 4.72. The van der Waals surface area contributed by atoms with Crippen LogP contribution in [0.25, 0.3) is 0 Å². The van der Waals surface area contributed by atoms with Gasteiger partial charge in [-0.05, 0) is 24.5 Å². The molecule has 0 heterocycles. The number of thioether (sulfide) groups is 1. The van der Waals surface area contributed by atoms with Gasteiger partial charge in [-0.3, -0.25) is 4.79 Å². The lowest BCUT2D eigenvalue weighted by atomic mass is 10.2. The smallest absolute Gasteiger partial charge is 0.234 e. The van der Waals surface area contributed by atoms with Crippen LogP contribution in [0.3, 0.4) is 0 Å². The van der Waals surface area contributed by atoms with E-state index in [0.717, 1.165) is 5.56 Å². The molecule has 1 amide bonds. The van der Waals surface area contributed by atoms with Crippen molar-refractivity contribution in [1.29, 1.82) is 0 Å². The Morgan fingerprint density at radius 3 is 3.00 bits per heavy atom. The number of carbonyl (C=O) groups excluding carboxylic acids is 1. The molecule has 1 aromatic rings. The van der Waals surface area contributed by atoms with E-state index >= 15 is 0 Å². The Labute approximate surface area is 116 Å². The Hall–Kier alpha value is -1.15. The highest BCUT2D eigenvalue weighted by atomic mass is 35.5. The molecule has 0 bridgehead atoms. The fraction of sp³-hybridized carbons (Fsp3) is 0.308. The predicted molar refractivity (Wildman–Crippen MR) is 77.0 cm³/mol. The minimum absolute atomic E-state index is 0.0396. The number of aliphatic hydroxyl groups is 1. The molecule has 0 aliphatic carbocycles. The molecule has 1 aromatic carbocycles. The van der Waals surface area contributed by atoms with Crippen molar-refractivity contribution in [2.24, 2.45) is 0 Å². The zero-order valence-electron chi connectivity index (χ0n) is 10.00. The van der Waals surface area contributed by atoms with E-state index in [1.54, 1.807) is 18.2 Å². The van der Waals surface area contributed by atoms with E-state index in [2.05, 4.69) is 17.2 Å². The molecule has 1 rings (SSSR count). The van der Waals surface area contributed by atoms with Crippen molar-refractivity contribution in [1.82, 2.24) is 0 Å².